The zero-order valence-corrected chi connectivity index (χ0v) is 11.8. The Morgan fingerprint density at radius 3 is 3.06 bits per heavy atom. The van der Waals surface area contributed by atoms with Gasteiger partial charge in [0.2, 0.25) is 0 Å². The Balaban J connectivity index is 1.78. The van der Waals surface area contributed by atoms with Crippen LogP contribution >= 0.6 is 0 Å². The van der Waals surface area contributed by atoms with Crippen LogP contribution in [0.2, 0.25) is 0 Å². The van der Waals surface area contributed by atoms with Crippen molar-refractivity contribution in [3.05, 3.63) is 42.2 Å². The molecule has 0 atom stereocenters. The molecule has 0 spiro atoms. The summed E-state index contributed by atoms with van der Waals surface area (Å²) in [4.78, 5) is 0. The summed E-state index contributed by atoms with van der Waals surface area (Å²) in [5.74, 6) is 0. The molecule has 1 aromatic carbocycles. The first-order chi connectivity index (χ1) is 8.86. The molecule has 0 radical (unpaired) electrons. The monoisotopic (exact) mass is 306 g/mol. The van der Waals surface area contributed by atoms with E-state index in [9.17, 15) is 0 Å². The molecule has 3 aromatic rings. The van der Waals surface area contributed by atoms with Crippen molar-refractivity contribution in [2.45, 2.75) is 20.0 Å². The molecule has 0 aliphatic heterocycles. The number of anilines is 1. The zero-order chi connectivity index (χ0) is 12.4. The van der Waals surface area contributed by atoms with E-state index in [-0.39, 0.29) is 15.0 Å². The van der Waals surface area contributed by atoms with Crippen molar-refractivity contribution < 1.29 is 0 Å². The second-order valence-corrected chi connectivity index (χ2v) is 5.25. The summed E-state index contributed by atoms with van der Waals surface area (Å²) in [7, 11) is 0. The average Bonchev–Trinajstić information content (AvgIpc) is 3.05. The van der Waals surface area contributed by atoms with E-state index < -0.39 is 0 Å². The molecule has 0 aliphatic rings. The number of benzene rings is 1. The maximum atomic E-state index is 4.46. The van der Waals surface area contributed by atoms with Crippen molar-refractivity contribution in [3.8, 4) is 0 Å². The van der Waals surface area contributed by atoms with Gasteiger partial charge in [0.25, 0.3) is 0 Å². The molecule has 0 bridgehead atoms. The van der Waals surface area contributed by atoms with Crippen LogP contribution in [0.5, 0.6) is 0 Å². The van der Waals surface area contributed by atoms with Crippen LogP contribution in [0.3, 0.4) is 0 Å². The summed E-state index contributed by atoms with van der Waals surface area (Å²) in [5.41, 5.74) is 4.41. The molecule has 5 heteroatoms. The summed E-state index contributed by atoms with van der Waals surface area (Å²) in [5, 5.41) is 3.44. The van der Waals surface area contributed by atoms with Crippen LogP contribution < -0.4 is 5.32 Å². The van der Waals surface area contributed by atoms with Crippen LogP contribution in [-0.2, 0) is 13.1 Å². The summed E-state index contributed by atoms with van der Waals surface area (Å²) in [6, 6.07) is 8.26. The molecule has 1 N–H and O–H groups in total. The van der Waals surface area contributed by atoms with Crippen LogP contribution in [0.15, 0.2) is 36.7 Å². The molecular formula is C13H14N4Se. The Kier molecular flexibility index (Phi) is 3.17. The molecule has 0 amide bonds. The first-order valence-electron chi connectivity index (χ1n) is 5.96. The third-order valence-electron chi connectivity index (χ3n) is 2.95. The predicted molar refractivity (Wildman–Crippen MR) is 73.9 cm³/mol. The SMILES string of the molecule is CCn1ccc(CNc2cccc3n[se]nc23)c1. The fraction of sp³-hybridized carbons (Fsp3) is 0.231. The van der Waals surface area contributed by atoms with Gasteiger partial charge in [-0.15, -0.1) is 0 Å². The van der Waals surface area contributed by atoms with E-state index in [4.69, 9.17) is 0 Å². The quantitative estimate of drug-likeness (QED) is 0.751. The van der Waals surface area contributed by atoms with Gasteiger partial charge in [0, 0.05) is 0 Å². The van der Waals surface area contributed by atoms with Gasteiger partial charge in [-0.05, 0) is 0 Å². The molecule has 0 unspecified atom stereocenters. The molecule has 4 nitrogen and oxygen atoms in total. The molecular weight excluding hydrogens is 291 g/mol. The van der Waals surface area contributed by atoms with E-state index in [1.807, 2.05) is 12.1 Å². The topological polar surface area (TPSA) is 42.7 Å². The van der Waals surface area contributed by atoms with Gasteiger partial charge in [-0.25, -0.2) is 0 Å². The first-order valence-corrected chi connectivity index (χ1v) is 7.50. The van der Waals surface area contributed by atoms with Crippen molar-refractivity contribution >= 4 is 31.7 Å². The number of fused-ring (bicyclic) bond motifs is 1. The Hall–Kier alpha value is -1.58. The van der Waals surface area contributed by atoms with Crippen LogP contribution in [0.25, 0.3) is 11.0 Å². The van der Waals surface area contributed by atoms with Gasteiger partial charge in [0.1, 0.15) is 0 Å². The van der Waals surface area contributed by atoms with Gasteiger partial charge in [-0.1, -0.05) is 0 Å². The van der Waals surface area contributed by atoms with E-state index >= 15 is 0 Å². The van der Waals surface area contributed by atoms with Crippen LogP contribution in [0.4, 0.5) is 5.69 Å². The van der Waals surface area contributed by atoms with Gasteiger partial charge < -0.3 is 0 Å². The second kappa shape index (κ2) is 4.96. The number of nitrogens with zero attached hydrogens (tertiary/aromatic N) is 3. The van der Waals surface area contributed by atoms with Gasteiger partial charge in [0.15, 0.2) is 0 Å². The number of rotatable bonds is 4. The molecule has 2 aromatic heterocycles. The van der Waals surface area contributed by atoms with Crippen molar-refractivity contribution in [1.29, 1.82) is 0 Å². The average molecular weight is 305 g/mol. The first kappa shape index (κ1) is 11.5. The number of nitrogens with one attached hydrogen (secondary N) is 1. The van der Waals surface area contributed by atoms with Crippen molar-refractivity contribution in [1.82, 2.24) is 12.5 Å². The number of aromatic nitrogens is 3. The Bertz CT molecular complexity index is 656. The molecule has 92 valence electrons. The standard InChI is InChI=1S/C13H14N4Se/c1-2-17-7-6-10(9-17)8-14-11-4-3-5-12-13(11)16-18-15-12/h3-7,9,14H,2,8H2,1H3. The van der Waals surface area contributed by atoms with E-state index in [0.717, 1.165) is 29.8 Å². The molecule has 3 rings (SSSR count). The van der Waals surface area contributed by atoms with Crippen molar-refractivity contribution in [2.75, 3.05) is 5.32 Å². The fourth-order valence-corrected chi connectivity index (χ4v) is 3.09. The third kappa shape index (κ3) is 2.19. The van der Waals surface area contributed by atoms with Crippen LogP contribution in [-0.4, -0.2) is 27.5 Å². The maximum absolute atomic E-state index is 4.46. The molecule has 18 heavy (non-hydrogen) atoms. The number of hydrogen-bond donors (Lipinski definition) is 1. The van der Waals surface area contributed by atoms with E-state index in [1.165, 1.54) is 5.56 Å². The van der Waals surface area contributed by atoms with Crippen molar-refractivity contribution in [2.24, 2.45) is 0 Å². The number of hydrogen-bond acceptors (Lipinski definition) is 3. The third-order valence-corrected chi connectivity index (χ3v) is 4.08. The molecule has 0 saturated carbocycles. The Morgan fingerprint density at radius 2 is 2.22 bits per heavy atom. The van der Waals surface area contributed by atoms with E-state index in [2.05, 4.69) is 49.3 Å². The zero-order valence-electron chi connectivity index (χ0n) is 10.1. The molecule has 0 saturated heterocycles. The van der Waals surface area contributed by atoms with Gasteiger partial charge >= 0.3 is 112 Å². The summed E-state index contributed by atoms with van der Waals surface area (Å²) in [6.07, 6.45) is 4.27. The van der Waals surface area contributed by atoms with E-state index in [1.54, 1.807) is 0 Å². The Morgan fingerprint density at radius 1 is 1.28 bits per heavy atom. The minimum atomic E-state index is 0.0334. The normalized spacial score (nSPS) is 10.9. The molecule has 2 heterocycles. The van der Waals surface area contributed by atoms with Crippen LogP contribution in [0, 0.1) is 0 Å². The van der Waals surface area contributed by atoms with Gasteiger partial charge in [0.05, 0.1) is 0 Å². The van der Waals surface area contributed by atoms with Crippen molar-refractivity contribution in [3.63, 3.8) is 0 Å². The fourth-order valence-electron chi connectivity index (χ4n) is 1.94. The summed E-state index contributed by atoms with van der Waals surface area (Å²) in [6.45, 7) is 3.98. The molecule has 0 fully saturated rings. The summed E-state index contributed by atoms with van der Waals surface area (Å²) < 4.78 is 11.0. The van der Waals surface area contributed by atoms with Gasteiger partial charge in [-0.3, -0.25) is 0 Å². The molecule has 0 aliphatic carbocycles. The minimum absolute atomic E-state index is 0.0334. The summed E-state index contributed by atoms with van der Waals surface area (Å²) >= 11 is 0.0334. The van der Waals surface area contributed by atoms with Crippen LogP contribution in [0.1, 0.15) is 12.5 Å². The van der Waals surface area contributed by atoms with Gasteiger partial charge in [-0.2, -0.15) is 0 Å². The predicted octanol–water partition coefficient (Wildman–Crippen LogP) is 2.12. The number of aryl methyl sites for hydroxylation is 1. The van der Waals surface area contributed by atoms with E-state index in [0.29, 0.717) is 0 Å². The second-order valence-electron chi connectivity index (χ2n) is 4.14. The Labute approximate surface area is 112 Å².